The molecule has 0 spiro atoms. The molecule has 37 heavy (non-hydrogen) atoms. The largest absolute Gasteiger partial charge is 0.514 e. The van der Waals surface area contributed by atoms with E-state index in [1.807, 2.05) is 0 Å². The second-order valence-electron chi connectivity index (χ2n) is 8.53. The van der Waals surface area contributed by atoms with Crippen LogP contribution in [0.25, 0.3) is 11.1 Å². The first-order chi connectivity index (χ1) is 17.4. The molecule has 4 N–H and O–H groups in total. The molecule has 1 saturated heterocycles. The number of rotatable bonds is 6. The van der Waals surface area contributed by atoms with E-state index in [9.17, 15) is 29.1 Å². The SMILES string of the molecule is CC(C)OC(=O)Oc1c(-c2ccccc2)cccc1C1OP(=O)(O)C(O)(Cc2cccnc2)[P+](O)(O)O1. The summed E-state index contributed by atoms with van der Waals surface area (Å²) in [5.41, 5.74) is 1.12. The molecule has 3 atom stereocenters. The Morgan fingerprint density at radius 3 is 2.49 bits per heavy atom. The standard InChI is InChI=1S/C24H25NO10P2/c1-16(2)32-23(26)33-21-19(18-9-4-3-5-10-18)11-6-12-20(21)22-34-36(28,29)24(27,37(30,31)35-22)14-17-8-7-13-25-15-17/h3-13,15-16,22,27-29H,14H2,1-2H3/p+1. The van der Waals surface area contributed by atoms with Crippen molar-refractivity contribution in [3.63, 3.8) is 0 Å². The van der Waals surface area contributed by atoms with Gasteiger partial charge in [0.1, 0.15) is 0 Å². The Balaban J connectivity index is 1.76. The first-order valence-electron chi connectivity index (χ1n) is 11.2. The average molecular weight is 550 g/mol. The molecule has 0 bridgehead atoms. The predicted molar refractivity (Wildman–Crippen MR) is 133 cm³/mol. The van der Waals surface area contributed by atoms with Crippen LogP contribution in [0, 0.1) is 0 Å². The zero-order valence-corrected chi connectivity index (χ0v) is 21.7. The topological polar surface area (TPSA) is 165 Å². The van der Waals surface area contributed by atoms with Gasteiger partial charge in [0.25, 0.3) is 0 Å². The third kappa shape index (κ3) is 5.60. The van der Waals surface area contributed by atoms with Gasteiger partial charge in [0.2, 0.25) is 6.29 Å². The zero-order valence-electron chi connectivity index (χ0n) is 19.9. The van der Waals surface area contributed by atoms with Crippen molar-refractivity contribution in [1.82, 2.24) is 4.98 Å². The van der Waals surface area contributed by atoms with E-state index >= 15 is 0 Å². The van der Waals surface area contributed by atoms with Crippen LogP contribution in [-0.4, -0.2) is 42.1 Å². The van der Waals surface area contributed by atoms with E-state index in [2.05, 4.69) is 4.98 Å². The second kappa shape index (κ2) is 10.6. The smallest absolute Gasteiger partial charge is 0.431 e. The highest BCUT2D eigenvalue weighted by atomic mass is 31.3. The minimum atomic E-state index is -5.20. The first kappa shape index (κ1) is 27.3. The van der Waals surface area contributed by atoms with Gasteiger partial charge in [-0.2, -0.15) is 9.79 Å². The van der Waals surface area contributed by atoms with Gasteiger partial charge < -0.3 is 19.5 Å². The molecule has 1 fully saturated rings. The summed E-state index contributed by atoms with van der Waals surface area (Å²) in [4.78, 5) is 48.7. The number of benzene rings is 2. The minimum absolute atomic E-state index is 0.104. The summed E-state index contributed by atoms with van der Waals surface area (Å²) < 4.78 is 34.4. The second-order valence-corrected chi connectivity index (χ2v) is 12.9. The molecule has 0 aliphatic carbocycles. The van der Waals surface area contributed by atoms with Crippen LogP contribution in [0.15, 0.2) is 73.1 Å². The Labute approximate surface area is 213 Å². The van der Waals surface area contributed by atoms with Crippen LogP contribution >= 0.6 is 15.5 Å². The number of hydrogen-bond acceptors (Lipinski definition) is 10. The third-order valence-corrected chi connectivity index (χ3v) is 10.1. The Morgan fingerprint density at radius 2 is 1.86 bits per heavy atom. The molecule has 1 aliphatic heterocycles. The summed E-state index contributed by atoms with van der Waals surface area (Å²) in [5.74, 6) is -0.151. The van der Waals surface area contributed by atoms with Gasteiger partial charge in [-0.15, -0.1) is 4.52 Å². The highest BCUT2D eigenvalue weighted by Gasteiger charge is 2.77. The molecule has 11 nitrogen and oxygen atoms in total. The van der Waals surface area contributed by atoms with Crippen molar-refractivity contribution in [2.24, 2.45) is 0 Å². The highest BCUT2D eigenvalue weighted by Crippen LogP contribution is 2.83. The lowest BCUT2D eigenvalue weighted by Crippen LogP contribution is -2.40. The van der Waals surface area contributed by atoms with Crippen LogP contribution in [0.4, 0.5) is 4.79 Å². The van der Waals surface area contributed by atoms with Gasteiger partial charge >= 0.3 is 26.8 Å². The van der Waals surface area contributed by atoms with Gasteiger partial charge in [0, 0.05) is 18.0 Å². The molecule has 1 aliphatic rings. The molecule has 2 aromatic carbocycles. The number of hydrogen-bond donors (Lipinski definition) is 4. The van der Waals surface area contributed by atoms with Crippen LogP contribution in [0.3, 0.4) is 0 Å². The molecule has 0 saturated carbocycles. The normalized spacial score (nSPS) is 25.0. The number of carbonyl (C=O) groups is 1. The molecule has 4 rings (SSSR count). The quantitative estimate of drug-likeness (QED) is 0.193. The number of para-hydroxylation sites is 1. The molecule has 13 heteroatoms. The van der Waals surface area contributed by atoms with Gasteiger partial charge in [0.05, 0.1) is 18.1 Å². The summed E-state index contributed by atoms with van der Waals surface area (Å²) in [6.45, 7) is 3.25. The van der Waals surface area contributed by atoms with E-state index in [4.69, 9.17) is 18.5 Å². The van der Waals surface area contributed by atoms with Crippen molar-refractivity contribution in [2.45, 2.75) is 37.7 Å². The monoisotopic (exact) mass is 550 g/mol. The maximum absolute atomic E-state index is 13.3. The van der Waals surface area contributed by atoms with Crippen molar-refractivity contribution in [1.29, 1.82) is 0 Å². The predicted octanol–water partition coefficient (Wildman–Crippen LogP) is 4.54. The molecular weight excluding hydrogens is 524 g/mol. The number of aliphatic hydroxyl groups is 1. The number of carbonyl (C=O) groups excluding carboxylic acids is 1. The van der Waals surface area contributed by atoms with Gasteiger partial charge in [-0.3, -0.25) is 14.1 Å². The van der Waals surface area contributed by atoms with Crippen LogP contribution < -0.4 is 4.74 Å². The van der Waals surface area contributed by atoms with Crippen LogP contribution in [0.5, 0.6) is 5.75 Å². The maximum Gasteiger partial charge on any atom is 0.514 e. The fourth-order valence-corrected chi connectivity index (χ4v) is 7.32. The summed E-state index contributed by atoms with van der Waals surface area (Å²) >= 11 is 0. The molecule has 2 heterocycles. The summed E-state index contributed by atoms with van der Waals surface area (Å²) in [6.07, 6.45) is -1.41. The Morgan fingerprint density at radius 1 is 1.14 bits per heavy atom. The third-order valence-electron chi connectivity index (χ3n) is 5.47. The van der Waals surface area contributed by atoms with Gasteiger partial charge in [0.15, 0.2) is 5.75 Å². The number of pyridine rings is 1. The molecule has 3 aromatic rings. The van der Waals surface area contributed by atoms with Crippen molar-refractivity contribution in [2.75, 3.05) is 0 Å². The fourth-order valence-electron chi connectivity index (χ4n) is 3.71. The van der Waals surface area contributed by atoms with Crippen molar-refractivity contribution in [3.05, 3.63) is 84.2 Å². The van der Waals surface area contributed by atoms with E-state index in [0.717, 1.165) is 0 Å². The van der Waals surface area contributed by atoms with Gasteiger partial charge in [-0.25, -0.2) is 4.79 Å². The van der Waals surface area contributed by atoms with Crippen molar-refractivity contribution in [3.8, 4) is 16.9 Å². The van der Waals surface area contributed by atoms with E-state index in [0.29, 0.717) is 11.1 Å². The molecule has 0 amide bonds. The highest BCUT2D eigenvalue weighted by molar-refractivity contribution is 7.76. The Bertz CT molecular complexity index is 1310. The van der Waals surface area contributed by atoms with Crippen LogP contribution in [0.2, 0.25) is 0 Å². The number of nitrogens with zero attached hydrogens (tertiary/aromatic N) is 1. The maximum atomic E-state index is 13.3. The summed E-state index contributed by atoms with van der Waals surface area (Å²) in [7, 11) is -10.2. The van der Waals surface area contributed by atoms with Crippen molar-refractivity contribution >= 4 is 21.7 Å². The zero-order chi connectivity index (χ0) is 26.8. The van der Waals surface area contributed by atoms with Crippen LogP contribution in [0.1, 0.15) is 31.3 Å². The van der Waals surface area contributed by atoms with Crippen molar-refractivity contribution < 1.29 is 47.7 Å². The first-order valence-corrected chi connectivity index (χ1v) is 14.3. The number of ether oxygens (including phenoxy) is 2. The summed E-state index contributed by atoms with van der Waals surface area (Å²) in [5, 5.41) is 7.98. The molecule has 1 aromatic heterocycles. The summed E-state index contributed by atoms with van der Waals surface area (Å²) in [6, 6.07) is 16.3. The molecule has 196 valence electrons. The fraction of sp³-hybridized carbons (Fsp3) is 0.250. The lowest BCUT2D eigenvalue weighted by Gasteiger charge is -2.39. The van der Waals surface area contributed by atoms with Crippen LogP contribution in [-0.2, 0) is 24.8 Å². The molecule has 0 radical (unpaired) electrons. The lowest BCUT2D eigenvalue weighted by atomic mass is 10.0. The Kier molecular flexibility index (Phi) is 7.80. The van der Waals surface area contributed by atoms with Gasteiger partial charge in [-0.1, -0.05) is 48.5 Å². The van der Waals surface area contributed by atoms with E-state index < -0.39 is 45.6 Å². The van der Waals surface area contributed by atoms with E-state index in [1.165, 1.54) is 30.6 Å². The average Bonchev–Trinajstić information content (AvgIpc) is 2.83. The molecule has 3 unspecified atom stereocenters. The van der Waals surface area contributed by atoms with E-state index in [-0.39, 0.29) is 16.9 Å². The Hall–Kier alpha value is -2.72. The van der Waals surface area contributed by atoms with Gasteiger partial charge in [-0.05, 0) is 37.1 Å². The number of aromatic nitrogens is 1. The lowest BCUT2D eigenvalue weighted by molar-refractivity contribution is -0.0691. The minimum Gasteiger partial charge on any atom is -0.431 e. The molecular formula is C24H26NO10P2+. The van der Waals surface area contributed by atoms with E-state index in [1.54, 1.807) is 56.3 Å².